The van der Waals surface area contributed by atoms with Crippen LogP contribution in [0.5, 0.6) is 5.75 Å². The van der Waals surface area contributed by atoms with Gasteiger partial charge in [-0.1, -0.05) is 12.1 Å². The number of sulfonamides is 1. The van der Waals surface area contributed by atoms with Gasteiger partial charge >= 0.3 is 0 Å². The Balaban J connectivity index is 1.48. The summed E-state index contributed by atoms with van der Waals surface area (Å²) in [5, 5.41) is 10.1. The third-order valence-electron chi connectivity index (χ3n) is 4.52. The number of nitrogens with zero attached hydrogens (tertiary/aromatic N) is 2. The Labute approximate surface area is 163 Å². The van der Waals surface area contributed by atoms with E-state index < -0.39 is 27.8 Å². The summed E-state index contributed by atoms with van der Waals surface area (Å²) >= 11 is 0. The number of halogens is 2. The van der Waals surface area contributed by atoms with Gasteiger partial charge < -0.3 is 9.84 Å². The summed E-state index contributed by atoms with van der Waals surface area (Å²) in [7, 11) is -3.67. The van der Waals surface area contributed by atoms with E-state index in [4.69, 9.17) is 4.74 Å². The second kappa shape index (κ2) is 8.95. The van der Waals surface area contributed by atoms with Gasteiger partial charge in [0.15, 0.2) is 11.6 Å². The number of piperazine rings is 1. The summed E-state index contributed by atoms with van der Waals surface area (Å²) in [6, 6.07) is 10.7. The smallest absolute Gasteiger partial charge is 0.243 e. The van der Waals surface area contributed by atoms with Crippen molar-refractivity contribution in [2.24, 2.45) is 0 Å². The molecule has 0 amide bonds. The molecule has 2 aromatic rings. The Morgan fingerprint density at radius 1 is 1.00 bits per heavy atom. The van der Waals surface area contributed by atoms with Crippen LogP contribution in [-0.4, -0.2) is 68.2 Å². The average molecular weight is 412 g/mol. The molecule has 6 nitrogen and oxygen atoms in total. The first kappa shape index (κ1) is 20.7. The Hall–Kier alpha value is -2.07. The molecule has 1 aliphatic rings. The summed E-state index contributed by atoms with van der Waals surface area (Å²) in [4.78, 5) is 1.98. The first-order valence-corrected chi connectivity index (χ1v) is 10.3. The van der Waals surface area contributed by atoms with Crippen LogP contribution in [0.3, 0.4) is 0 Å². The molecule has 1 heterocycles. The molecule has 152 valence electrons. The van der Waals surface area contributed by atoms with Gasteiger partial charge in [0.2, 0.25) is 10.0 Å². The van der Waals surface area contributed by atoms with Gasteiger partial charge in [-0.3, -0.25) is 4.90 Å². The van der Waals surface area contributed by atoms with Crippen molar-refractivity contribution in [3.8, 4) is 5.75 Å². The van der Waals surface area contributed by atoms with Crippen LogP contribution in [0.1, 0.15) is 0 Å². The lowest BCUT2D eigenvalue weighted by molar-refractivity contribution is 0.0557. The number of hydrogen-bond donors (Lipinski definition) is 1. The van der Waals surface area contributed by atoms with Crippen LogP contribution in [-0.2, 0) is 10.0 Å². The summed E-state index contributed by atoms with van der Waals surface area (Å²) in [5.41, 5.74) is 0. The number of para-hydroxylation sites is 1. The quantitative estimate of drug-likeness (QED) is 0.750. The number of rotatable bonds is 7. The fourth-order valence-electron chi connectivity index (χ4n) is 3.01. The molecule has 1 unspecified atom stereocenters. The number of hydrogen-bond acceptors (Lipinski definition) is 5. The van der Waals surface area contributed by atoms with E-state index >= 15 is 0 Å². The molecule has 0 saturated carbocycles. The minimum absolute atomic E-state index is 0.0562. The molecule has 9 heteroatoms. The minimum Gasteiger partial charge on any atom is -0.488 e. The zero-order valence-corrected chi connectivity index (χ0v) is 16.0. The summed E-state index contributed by atoms with van der Waals surface area (Å²) < 4.78 is 58.4. The SMILES string of the molecule is O=S(=O)(c1ccc(F)cc1)N1CCN(CC(O)COc2ccccc2F)CC1. The van der Waals surface area contributed by atoms with Gasteiger partial charge in [0.25, 0.3) is 0 Å². The average Bonchev–Trinajstić information content (AvgIpc) is 2.68. The molecule has 0 radical (unpaired) electrons. The summed E-state index contributed by atoms with van der Waals surface area (Å²) in [6.45, 7) is 1.64. The van der Waals surface area contributed by atoms with Crippen molar-refractivity contribution >= 4 is 10.0 Å². The number of benzene rings is 2. The van der Waals surface area contributed by atoms with Crippen LogP contribution in [0, 0.1) is 11.6 Å². The highest BCUT2D eigenvalue weighted by atomic mass is 32.2. The van der Waals surface area contributed by atoms with E-state index in [2.05, 4.69) is 0 Å². The molecule has 2 aromatic carbocycles. The summed E-state index contributed by atoms with van der Waals surface area (Å²) in [6.07, 6.45) is -0.833. The fraction of sp³-hybridized carbons (Fsp3) is 0.368. The van der Waals surface area contributed by atoms with Gasteiger partial charge in [-0.25, -0.2) is 17.2 Å². The first-order valence-electron chi connectivity index (χ1n) is 8.90. The normalized spacial score (nSPS) is 17.4. The maximum absolute atomic E-state index is 13.5. The number of aliphatic hydroxyl groups excluding tert-OH is 1. The van der Waals surface area contributed by atoms with Crippen LogP contribution in [0.4, 0.5) is 8.78 Å². The monoisotopic (exact) mass is 412 g/mol. The van der Waals surface area contributed by atoms with Crippen molar-refractivity contribution in [2.45, 2.75) is 11.0 Å². The highest BCUT2D eigenvalue weighted by Crippen LogP contribution is 2.19. The molecule has 0 bridgehead atoms. The van der Waals surface area contributed by atoms with E-state index in [1.807, 2.05) is 4.90 Å². The molecular weight excluding hydrogens is 390 g/mol. The molecular formula is C19H22F2N2O4S. The molecule has 1 saturated heterocycles. The second-order valence-electron chi connectivity index (χ2n) is 6.55. The topological polar surface area (TPSA) is 70.1 Å². The van der Waals surface area contributed by atoms with Gasteiger partial charge in [0.05, 0.1) is 4.90 Å². The van der Waals surface area contributed by atoms with Crippen molar-refractivity contribution in [1.82, 2.24) is 9.21 Å². The van der Waals surface area contributed by atoms with E-state index in [-0.39, 0.29) is 30.3 Å². The lowest BCUT2D eigenvalue weighted by atomic mass is 10.3. The third-order valence-corrected chi connectivity index (χ3v) is 6.43. The molecule has 1 fully saturated rings. The molecule has 28 heavy (non-hydrogen) atoms. The zero-order valence-electron chi connectivity index (χ0n) is 15.2. The third kappa shape index (κ3) is 5.05. The lowest BCUT2D eigenvalue weighted by Gasteiger charge is -2.34. The highest BCUT2D eigenvalue weighted by Gasteiger charge is 2.29. The number of ether oxygens (including phenoxy) is 1. The summed E-state index contributed by atoms with van der Waals surface area (Å²) in [5.74, 6) is -0.901. The van der Waals surface area contributed by atoms with E-state index in [1.54, 1.807) is 12.1 Å². The first-order chi connectivity index (χ1) is 13.4. The molecule has 1 atom stereocenters. The van der Waals surface area contributed by atoms with Gasteiger partial charge in [-0.05, 0) is 36.4 Å². The fourth-order valence-corrected chi connectivity index (χ4v) is 4.43. The van der Waals surface area contributed by atoms with Crippen LogP contribution in [0.2, 0.25) is 0 Å². The van der Waals surface area contributed by atoms with E-state index in [9.17, 15) is 22.3 Å². The van der Waals surface area contributed by atoms with E-state index in [0.717, 1.165) is 12.1 Å². The molecule has 3 rings (SSSR count). The lowest BCUT2D eigenvalue weighted by Crippen LogP contribution is -2.50. The Morgan fingerprint density at radius 3 is 2.29 bits per heavy atom. The standard InChI is InChI=1S/C19H22F2N2O4S/c20-15-5-7-17(8-6-15)28(25,26)23-11-9-22(10-12-23)13-16(24)14-27-19-4-2-1-3-18(19)21/h1-8,16,24H,9-14H2. The van der Waals surface area contributed by atoms with Crippen LogP contribution < -0.4 is 4.74 Å². The minimum atomic E-state index is -3.67. The van der Waals surface area contributed by atoms with Crippen molar-refractivity contribution in [3.05, 3.63) is 60.2 Å². The van der Waals surface area contributed by atoms with Crippen molar-refractivity contribution in [2.75, 3.05) is 39.3 Å². The van der Waals surface area contributed by atoms with E-state index in [0.29, 0.717) is 19.6 Å². The number of β-amino-alcohol motifs (C(OH)–C–C–N with tert-alkyl or cyclic N) is 1. The van der Waals surface area contributed by atoms with Crippen LogP contribution in [0.25, 0.3) is 0 Å². The Morgan fingerprint density at radius 2 is 1.64 bits per heavy atom. The second-order valence-corrected chi connectivity index (χ2v) is 8.49. The largest absolute Gasteiger partial charge is 0.488 e. The predicted octanol–water partition coefficient (Wildman–Crippen LogP) is 1.71. The predicted molar refractivity (Wildman–Crippen MR) is 99.5 cm³/mol. The van der Waals surface area contributed by atoms with Crippen molar-refractivity contribution in [1.29, 1.82) is 0 Å². The molecule has 0 aliphatic carbocycles. The Bertz CT molecular complexity index is 885. The molecule has 1 N–H and O–H groups in total. The van der Waals surface area contributed by atoms with Crippen molar-refractivity contribution in [3.63, 3.8) is 0 Å². The zero-order chi connectivity index (χ0) is 20.1. The van der Waals surface area contributed by atoms with Gasteiger partial charge in [0, 0.05) is 32.7 Å². The Kier molecular flexibility index (Phi) is 6.61. The van der Waals surface area contributed by atoms with Gasteiger partial charge in [-0.2, -0.15) is 4.31 Å². The number of aliphatic hydroxyl groups is 1. The maximum Gasteiger partial charge on any atom is 0.243 e. The molecule has 0 aromatic heterocycles. The van der Waals surface area contributed by atoms with Gasteiger partial charge in [0.1, 0.15) is 18.5 Å². The van der Waals surface area contributed by atoms with Crippen LogP contribution >= 0.6 is 0 Å². The molecule has 1 aliphatic heterocycles. The van der Waals surface area contributed by atoms with E-state index in [1.165, 1.54) is 28.6 Å². The van der Waals surface area contributed by atoms with Crippen molar-refractivity contribution < 1.29 is 27.0 Å². The maximum atomic E-state index is 13.5. The highest BCUT2D eigenvalue weighted by molar-refractivity contribution is 7.89. The van der Waals surface area contributed by atoms with Crippen LogP contribution in [0.15, 0.2) is 53.4 Å². The molecule has 0 spiro atoms. The van der Waals surface area contributed by atoms with Gasteiger partial charge in [-0.15, -0.1) is 0 Å².